The molecule has 20 heavy (non-hydrogen) atoms. The number of piperidine rings is 1. The van der Waals surface area contributed by atoms with Crippen LogP contribution in [0.3, 0.4) is 0 Å². The third-order valence-corrected chi connectivity index (χ3v) is 4.44. The molecule has 1 aromatic carbocycles. The first-order valence-electron chi connectivity index (χ1n) is 7.29. The Bertz CT molecular complexity index is 514. The van der Waals surface area contributed by atoms with Gasteiger partial charge in [-0.2, -0.15) is 0 Å². The van der Waals surface area contributed by atoms with E-state index in [0.29, 0.717) is 6.42 Å². The maximum absolute atomic E-state index is 12.7. The first-order valence-corrected chi connectivity index (χ1v) is 7.29. The van der Waals surface area contributed by atoms with Crippen LogP contribution in [0.1, 0.15) is 24.8 Å². The lowest BCUT2D eigenvalue weighted by Crippen LogP contribution is -2.65. The average molecular weight is 272 g/mol. The Morgan fingerprint density at radius 3 is 2.60 bits per heavy atom. The predicted molar refractivity (Wildman–Crippen MR) is 76.1 cm³/mol. The fraction of sp³-hybridized carbons (Fsp3) is 0.500. The smallest absolute Gasteiger partial charge is 0.246 e. The van der Waals surface area contributed by atoms with E-state index < -0.39 is 0 Å². The SMILES string of the molecule is CN1C(=O)[C@H]2CCCCN2C(=O)[C@@H]1Cc1ccccc1. The zero-order valence-corrected chi connectivity index (χ0v) is 11.8. The zero-order valence-electron chi connectivity index (χ0n) is 11.8. The molecule has 0 aliphatic carbocycles. The molecule has 106 valence electrons. The second kappa shape index (κ2) is 5.27. The van der Waals surface area contributed by atoms with E-state index in [2.05, 4.69) is 0 Å². The summed E-state index contributed by atoms with van der Waals surface area (Å²) in [5.41, 5.74) is 1.10. The van der Waals surface area contributed by atoms with Crippen LogP contribution in [0.25, 0.3) is 0 Å². The minimum Gasteiger partial charge on any atom is -0.332 e. The van der Waals surface area contributed by atoms with E-state index in [0.717, 1.165) is 31.4 Å². The van der Waals surface area contributed by atoms with Crippen molar-refractivity contribution in [1.82, 2.24) is 9.80 Å². The largest absolute Gasteiger partial charge is 0.332 e. The van der Waals surface area contributed by atoms with Crippen LogP contribution in [0.15, 0.2) is 30.3 Å². The van der Waals surface area contributed by atoms with Crippen LogP contribution in [0, 0.1) is 0 Å². The number of hydrogen-bond donors (Lipinski definition) is 0. The van der Waals surface area contributed by atoms with E-state index in [4.69, 9.17) is 0 Å². The molecule has 2 amide bonds. The molecule has 2 fully saturated rings. The number of hydrogen-bond acceptors (Lipinski definition) is 2. The normalized spacial score (nSPS) is 26.6. The monoisotopic (exact) mass is 272 g/mol. The number of nitrogens with zero attached hydrogens (tertiary/aromatic N) is 2. The number of likely N-dealkylation sites (N-methyl/N-ethyl adjacent to an activating group) is 1. The maximum Gasteiger partial charge on any atom is 0.246 e. The molecular weight excluding hydrogens is 252 g/mol. The van der Waals surface area contributed by atoms with Gasteiger partial charge in [0, 0.05) is 20.0 Å². The van der Waals surface area contributed by atoms with Crippen molar-refractivity contribution in [1.29, 1.82) is 0 Å². The van der Waals surface area contributed by atoms with Crippen molar-refractivity contribution in [3.63, 3.8) is 0 Å². The summed E-state index contributed by atoms with van der Waals surface area (Å²) in [5, 5.41) is 0. The van der Waals surface area contributed by atoms with E-state index >= 15 is 0 Å². The Morgan fingerprint density at radius 1 is 1.10 bits per heavy atom. The second-order valence-corrected chi connectivity index (χ2v) is 5.70. The highest BCUT2D eigenvalue weighted by Gasteiger charge is 2.44. The van der Waals surface area contributed by atoms with Gasteiger partial charge in [0.25, 0.3) is 0 Å². The van der Waals surface area contributed by atoms with Crippen LogP contribution in [-0.4, -0.2) is 47.3 Å². The van der Waals surface area contributed by atoms with Gasteiger partial charge in [-0.15, -0.1) is 0 Å². The molecule has 0 unspecified atom stereocenters. The number of amides is 2. The number of carbonyl (C=O) groups excluding carboxylic acids is 2. The van der Waals surface area contributed by atoms with Crippen molar-refractivity contribution >= 4 is 11.8 Å². The standard InChI is InChI=1S/C16H20N2O2/c1-17-14(11-12-7-3-2-4-8-12)16(20)18-10-6-5-9-13(18)15(17)19/h2-4,7-8,13-14H,5-6,9-11H2,1H3/t13-,14+/m1/s1. The Balaban J connectivity index is 1.83. The number of piperazine rings is 1. The van der Waals surface area contributed by atoms with Crippen molar-refractivity contribution in [3.8, 4) is 0 Å². The molecule has 0 spiro atoms. The molecule has 0 N–H and O–H groups in total. The third kappa shape index (κ3) is 2.19. The number of fused-ring (bicyclic) bond motifs is 1. The maximum atomic E-state index is 12.7. The van der Waals surface area contributed by atoms with Crippen molar-refractivity contribution < 1.29 is 9.59 Å². The first-order chi connectivity index (χ1) is 9.68. The van der Waals surface area contributed by atoms with Crippen LogP contribution in [0.4, 0.5) is 0 Å². The Morgan fingerprint density at radius 2 is 1.85 bits per heavy atom. The van der Waals surface area contributed by atoms with Crippen LogP contribution >= 0.6 is 0 Å². The number of carbonyl (C=O) groups is 2. The van der Waals surface area contributed by atoms with Crippen LogP contribution in [-0.2, 0) is 16.0 Å². The third-order valence-electron chi connectivity index (χ3n) is 4.44. The van der Waals surface area contributed by atoms with E-state index in [1.165, 1.54) is 0 Å². The summed E-state index contributed by atoms with van der Waals surface area (Å²) in [6.07, 6.45) is 3.47. The van der Waals surface area contributed by atoms with Crippen LogP contribution in [0.2, 0.25) is 0 Å². The van der Waals surface area contributed by atoms with Crippen molar-refractivity contribution in [2.45, 2.75) is 37.8 Å². The van der Waals surface area contributed by atoms with Gasteiger partial charge >= 0.3 is 0 Å². The van der Waals surface area contributed by atoms with Gasteiger partial charge in [0.2, 0.25) is 11.8 Å². The highest BCUT2D eigenvalue weighted by Crippen LogP contribution is 2.26. The molecule has 2 aliphatic heterocycles. The van der Waals surface area contributed by atoms with Gasteiger partial charge < -0.3 is 9.80 Å². The summed E-state index contributed by atoms with van der Waals surface area (Å²) >= 11 is 0. The van der Waals surface area contributed by atoms with Gasteiger partial charge in [-0.3, -0.25) is 9.59 Å². The summed E-state index contributed by atoms with van der Waals surface area (Å²) in [7, 11) is 1.76. The number of rotatable bonds is 2. The summed E-state index contributed by atoms with van der Waals surface area (Å²) < 4.78 is 0. The summed E-state index contributed by atoms with van der Waals surface area (Å²) in [4.78, 5) is 28.5. The van der Waals surface area contributed by atoms with E-state index in [9.17, 15) is 9.59 Å². The summed E-state index contributed by atoms with van der Waals surface area (Å²) in [6.45, 7) is 0.731. The highest BCUT2D eigenvalue weighted by atomic mass is 16.2. The minimum atomic E-state index is -0.348. The average Bonchev–Trinajstić information content (AvgIpc) is 2.50. The highest BCUT2D eigenvalue weighted by molar-refractivity contribution is 5.97. The molecule has 2 saturated heterocycles. The topological polar surface area (TPSA) is 40.6 Å². The molecule has 3 rings (SSSR count). The van der Waals surface area contributed by atoms with E-state index in [-0.39, 0.29) is 23.9 Å². The lowest BCUT2D eigenvalue weighted by Gasteiger charge is -2.45. The van der Waals surface area contributed by atoms with Gasteiger partial charge in [-0.05, 0) is 24.8 Å². The van der Waals surface area contributed by atoms with Crippen LogP contribution < -0.4 is 0 Å². The molecule has 4 heteroatoms. The van der Waals surface area contributed by atoms with Crippen molar-refractivity contribution in [3.05, 3.63) is 35.9 Å². The molecule has 4 nitrogen and oxygen atoms in total. The minimum absolute atomic E-state index is 0.102. The fourth-order valence-corrected chi connectivity index (χ4v) is 3.26. The first kappa shape index (κ1) is 13.2. The Labute approximate surface area is 119 Å². The van der Waals surface area contributed by atoms with Gasteiger partial charge in [0.1, 0.15) is 12.1 Å². The lowest BCUT2D eigenvalue weighted by molar-refractivity contribution is -0.162. The molecule has 0 aromatic heterocycles. The van der Waals surface area contributed by atoms with Crippen molar-refractivity contribution in [2.75, 3.05) is 13.6 Å². The predicted octanol–water partition coefficient (Wildman–Crippen LogP) is 1.45. The lowest BCUT2D eigenvalue weighted by atomic mass is 9.93. The molecule has 2 atom stereocenters. The summed E-state index contributed by atoms with van der Waals surface area (Å²) in [5.74, 6) is 0.214. The zero-order chi connectivity index (χ0) is 14.1. The quantitative estimate of drug-likeness (QED) is 0.817. The van der Waals surface area contributed by atoms with Crippen LogP contribution in [0.5, 0.6) is 0 Å². The molecule has 0 saturated carbocycles. The molecule has 1 aromatic rings. The molecular formula is C16H20N2O2. The fourth-order valence-electron chi connectivity index (χ4n) is 3.26. The Hall–Kier alpha value is -1.84. The Kier molecular flexibility index (Phi) is 3.47. The van der Waals surface area contributed by atoms with Gasteiger partial charge in [-0.25, -0.2) is 0 Å². The second-order valence-electron chi connectivity index (χ2n) is 5.70. The number of benzene rings is 1. The molecule has 0 radical (unpaired) electrons. The van der Waals surface area contributed by atoms with E-state index in [1.54, 1.807) is 16.8 Å². The molecule has 2 aliphatic rings. The van der Waals surface area contributed by atoms with Gasteiger partial charge in [0.15, 0.2) is 0 Å². The molecule has 2 heterocycles. The molecule has 0 bridgehead atoms. The van der Waals surface area contributed by atoms with Gasteiger partial charge in [0.05, 0.1) is 0 Å². The summed E-state index contributed by atoms with van der Waals surface area (Å²) in [6, 6.07) is 9.35. The van der Waals surface area contributed by atoms with Gasteiger partial charge in [-0.1, -0.05) is 30.3 Å². The van der Waals surface area contributed by atoms with Crippen molar-refractivity contribution in [2.24, 2.45) is 0 Å². The van der Waals surface area contributed by atoms with E-state index in [1.807, 2.05) is 30.3 Å².